The Morgan fingerprint density at radius 3 is 2.58 bits per heavy atom. The minimum absolute atomic E-state index is 0.338. The summed E-state index contributed by atoms with van der Waals surface area (Å²) in [5.74, 6) is -0.724. The van der Waals surface area contributed by atoms with Gasteiger partial charge in [-0.2, -0.15) is 0 Å². The summed E-state index contributed by atoms with van der Waals surface area (Å²) in [6.07, 6.45) is 1.18. The highest BCUT2D eigenvalue weighted by Crippen LogP contribution is 2.38. The Hall–Kier alpha value is -0.630. The number of rotatable bonds is 0. The minimum atomic E-state index is -0.385. The molecule has 0 bridgehead atoms. The van der Waals surface area contributed by atoms with Crippen LogP contribution in [0.5, 0.6) is 0 Å². The Kier molecular flexibility index (Phi) is 1.80. The number of hydrogen-bond donors (Lipinski definition) is 0. The van der Waals surface area contributed by atoms with E-state index in [1.807, 2.05) is 0 Å². The molecule has 0 radical (unpaired) electrons. The van der Waals surface area contributed by atoms with Crippen molar-refractivity contribution in [1.29, 1.82) is 0 Å². The van der Waals surface area contributed by atoms with Gasteiger partial charge in [-0.25, -0.2) is 8.78 Å². The lowest BCUT2D eigenvalue weighted by atomic mass is 10.1. The van der Waals surface area contributed by atoms with Gasteiger partial charge < -0.3 is 0 Å². The first-order chi connectivity index (χ1) is 5.70. The third-order valence-corrected chi connectivity index (χ3v) is 2.64. The SMILES string of the molecule is Fc1ccc(F)c2c1CC[C@@H]2Cl. The zero-order valence-electron chi connectivity index (χ0n) is 6.28. The summed E-state index contributed by atoms with van der Waals surface area (Å²) < 4.78 is 26.1. The summed E-state index contributed by atoms with van der Waals surface area (Å²) in [4.78, 5) is 0. The number of alkyl halides is 1. The van der Waals surface area contributed by atoms with E-state index in [2.05, 4.69) is 0 Å². The van der Waals surface area contributed by atoms with E-state index in [9.17, 15) is 8.78 Å². The zero-order valence-corrected chi connectivity index (χ0v) is 7.04. The van der Waals surface area contributed by atoms with Gasteiger partial charge in [0, 0.05) is 5.56 Å². The fourth-order valence-corrected chi connectivity index (χ4v) is 1.96. The Balaban J connectivity index is 2.64. The largest absolute Gasteiger partial charge is 0.207 e. The minimum Gasteiger partial charge on any atom is -0.207 e. The van der Waals surface area contributed by atoms with Gasteiger partial charge in [-0.1, -0.05) is 0 Å². The zero-order chi connectivity index (χ0) is 8.72. The smallest absolute Gasteiger partial charge is 0.128 e. The maximum Gasteiger partial charge on any atom is 0.128 e. The van der Waals surface area contributed by atoms with Crippen LogP contribution in [-0.4, -0.2) is 0 Å². The van der Waals surface area contributed by atoms with E-state index < -0.39 is 0 Å². The molecule has 64 valence electrons. The molecule has 1 aliphatic rings. The van der Waals surface area contributed by atoms with E-state index in [0.717, 1.165) is 12.1 Å². The van der Waals surface area contributed by atoms with Crippen molar-refractivity contribution in [2.24, 2.45) is 0 Å². The molecule has 2 rings (SSSR count). The third-order valence-electron chi connectivity index (χ3n) is 2.21. The fourth-order valence-electron chi connectivity index (χ4n) is 1.62. The molecular weight excluding hydrogens is 182 g/mol. The molecule has 0 saturated carbocycles. The monoisotopic (exact) mass is 188 g/mol. The van der Waals surface area contributed by atoms with Crippen LogP contribution in [0.2, 0.25) is 0 Å². The third kappa shape index (κ3) is 1.02. The van der Waals surface area contributed by atoms with Crippen LogP contribution >= 0.6 is 11.6 Å². The summed E-state index contributed by atoms with van der Waals surface area (Å²) in [6.45, 7) is 0. The van der Waals surface area contributed by atoms with Crippen molar-refractivity contribution < 1.29 is 8.78 Å². The summed E-state index contributed by atoms with van der Waals surface area (Å²) in [5, 5.41) is -0.351. The fraction of sp³-hybridized carbons (Fsp3) is 0.333. The van der Waals surface area contributed by atoms with Gasteiger partial charge in [0.25, 0.3) is 0 Å². The number of fused-ring (bicyclic) bond motifs is 1. The molecule has 0 aliphatic heterocycles. The molecule has 0 aromatic heterocycles. The lowest BCUT2D eigenvalue weighted by Crippen LogP contribution is -1.93. The van der Waals surface area contributed by atoms with Crippen molar-refractivity contribution in [1.82, 2.24) is 0 Å². The van der Waals surface area contributed by atoms with E-state index in [1.54, 1.807) is 0 Å². The van der Waals surface area contributed by atoms with Crippen molar-refractivity contribution in [3.8, 4) is 0 Å². The lowest BCUT2D eigenvalue weighted by molar-refractivity contribution is 0.584. The molecule has 0 amide bonds. The Bertz CT molecular complexity index is 323. The van der Waals surface area contributed by atoms with Crippen molar-refractivity contribution in [3.05, 3.63) is 34.9 Å². The molecule has 0 nitrogen and oxygen atoms in total. The van der Waals surface area contributed by atoms with Crippen LogP contribution in [0.3, 0.4) is 0 Å². The van der Waals surface area contributed by atoms with E-state index >= 15 is 0 Å². The molecule has 0 N–H and O–H groups in total. The van der Waals surface area contributed by atoms with Crippen LogP contribution < -0.4 is 0 Å². The second-order valence-corrected chi connectivity index (χ2v) is 3.45. The Morgan fingerprint density at radius 2 is 1.92 bits per heavy atom. The quantitative estimate of drug-likeness (QED) is 0.549. The van der Waals surface area contributed by atoms with E-state index in [-0.39, 0.29) is 17.0 Å². The van der Waals surface area contributed by atoms with Crippen molar-refractivity contribution >= 4 is 11.6 Å². The number of hydrogen-bond acceptors (Lipinski definition) is 0. The van der Waals surface area contributed by atoms with Crippen LogP contribution in [0.1, 0.15) is 22.9 Å². The second-order valence-electron chi connectivity index (χ2n) is 2.93. The molecule has 0 fully saturated rings. The van der Waals surface area contributed by atoms with Crippen LogP contribution in [-0.2, 0) is 6.42 Å². The second kappa shape index (κ2) is 2.70. The summed E-state index contributed by atoms with van der Waals surface area (Å²) in [7, 11) is 0. The molecule has 0 saturated heterocycles. The predicted molar refractivity (Wildman–Crippen MR) is 43.3 cm³/mol. The molecule has 1 aromatic carbocycles. The van der Waals surface area contributed by atoms with Gasteiger partial charge in [-0.3, -0.25) is 0 Å². The predicted octanol–water partition coefficient (Wildman–Crippen LogP) is 3.19. The standard InChI is InChI=1S/C9H7ClF2/c10-6-2-1-5-7(11)3-4-8(12)9(5)6/h3-4,6H,1-2H2/t6-/m0/s1. The van der Waals surface area contributed by atoms with Crippen LogP contribution in [0.4, 0.5) is 8.78 Å². The molecule has 1 aliphatic carbocycles. The first-order valence-electron chi connectivity index (χ1n) is 3.81. The molecule has 0 spiro atoms. The first kappa shape index (κ1) is 7.99. The van der Waals surface area contributed by atoms with E-state index in [0.29, 0.717) is 24.0 Å². The molecule has 1 atom stereocenters. The lowest BCUT2D eigenvalue weighted by Gasteiger charge is -2.04. The molecule has 1 aromatic rings. The first-order valence-corrected chi connectivity index (χ1v) is 4.24. The summed E-state index contributed by atoms with van der Waals surface area (Å²) >= 11 is 5.81. The Morgan fingerprint density at radius 1 is 1.25 bits per heavy atom. The number of benzene rings is 1. The molecule has 3 heteroatoms. The van der Waals surface area contributed by atoms with Gasteiger partial charge in [0.1, 0.15) is 11.6 Å². The molecule has 0 unspecified atom stereocenters. The average molecular weight is 189 g/mol. The molecular formula is C9H7ClF2. The average Bonchev–Trinajstić information content (AvgIpc) is 2.42. The normalized spacial score (nSPS) is 21.1. The topological polar surface area (TPSA) is 0 Å². The maximum absolute atomic E-state index is 13.1. The molecule has 12 heavy (non-hydrogen) atoms. The highest BCUT2D eigenvalue weighted by molar-refractivity contribution is 6.21. The van der Waals surface area contributed by atoms with E-state index in [4.69, 9.17) is 11.6 Å². The van der Waals surface area contributed by atoms with Gasteiger partial charge in [-0.05, 0) is 30.5 Å². The van der Waals surface area contributed by atoms with Crippen molar-refractivity contribution in [3.63, 3.8) is 0 Å². The van der Waals surface area contributed by atoms with Gasteiger partial charge in [-0.15, -0.1) is 11.6 Å². The van der Waals surface area contributed by atoms with Gasteiger partial charge >= 0.3 is 0 Å². The summed E-state index contributed by atoms with van der Waals surface area (Å²) in [6, 6.07) is 2.29. The van der Waals surface area contributed by atoms with Gasteiger partial charge in [0.2, 0.25) is 0 Å². The van der Waals surface area contributed by atoms with Crippen molar-refractivity contribution in [2.75, 3.05) is 0 Å². The maximum atomic E-state index is 13.1. The van der Waals surface area contributed by atoms with E-state index in [1.165, 1.54) is 0 Å². The highest BCUT2D eigenvalue weighted by atomic mass is 35.5. The van der Waals surface area contributed by atoms with Crippen LogP contribution in [0.25, 0.3) is 0 Å². The van der Waals surface area contributed by atoms with Gasteiger partial charge in [0.05, 0.1) is 5.38 Å². The van der Waals surface area contributed by atoms with Crippen LogP contribution in [0.15, 0.2) is 12.1 Å². The van der Waals surface area contributed by atoms with Crippen molar-refractivity contribution in [2.45, 2.75) is 18.2 Å². The summed E-state index contributed by atoms with van der Waals surface area (Å²) in [5.41, 5.74) is 0.812. The Labute approximate surface area is 74.2 Å². The van der Waals surface area contributed by atoms with Gasteiger partial charge in [0.15, 0.2) is 0 Å². The highest BCUT2D eigenvalue weighted by Gasteiger charge is 2.26. The molecule has 0 heterocycles. The number of halogens is 3. The van der Waals surface area contributed by atoms with Crippen LogP contribution in [0, 0.1) is 11.6 Å².